The van der Waals surface area contributed by atoms with Gasteiger partial charge in [0.05, 0.1) is 5.56 Å². The summed E-state index contributed by atoms with van der Waals surface area (Å²) in [6.45, 7) is 2.54. The van der Waals surface area contributed by atoms with E-state index in [-0.39, 0.29) is 5.84 Å². The van der Waals surface area contributed by atoms with E-state index in [1.807, 2.05) is 49.2 Å². The zero-order valence-electron chi connectivity index (χ0n) is 11.9. The van der Waals surface area contributed by atoms with Crippen LogP contribution in [-0.2, 0) is 6.54 Å². The van der Waals surface area contributed by atoms with Crippen LogP contribution in [0.2, 0.25) is 5.02 Å². The minimum Gasteiger partial charge on any atom is -0.409 e. The Labute approximate surface area is 128 Å². The van der Waals surface area contributed by atoms with E-state index in [1.54, 1.807) is 6.20 Å². The number of halogens is 1. The van der Waals surface area contributed by atoms with Gasteiger partial charge >= 0.3 is 0 Å². The molecule has 3 N–H and O–H groups in total. The summed E-state index contributed by atoms with van der Waals surface area (Å²) in [5, 5.41) is 12.7. The summed E-state index contributed by atoms with van der Waals surface area (Å²) in [7, 11) is 1.91. The SMILES string of the molecule is Cc1ccnc(N(C)Cc2ccc(Cl)cc2)c1/C(N)=N/O. The molecule has 0 saturated carbocycles. The molecule has 0 saturated heterocycles. The third kappa shape index (κ3) is 3.44. The van der Waals surface area contributed by atoms with Gasteiger partial charge in [-0.25, -0.2) is 4.98 Å². The topological polar surface area (TPSA) is 74.7 Å². The van der Waals surface area contributed by atoms with Gasteiger partial charge in [0.25, 0.3) is 0 Å². The van der Waals surface area contributed by atoms with Crippen LogP contribution in [0, 0.1) is 6.92 Å². The maximum absolute atomic E-state index is 8.94. The lowest BCUT2D eigenvalue weighted by Gasteiger charge is -2.22. The molecule has 0 radical (unpaired) electrons. The highest BCUT2D eigenvalue weighted by atomic mass is 35.5. The highest BCUT2D eigenvalue weighted by molar-refractivity contribution is 6.30. The van der Waals surface area contributed by atoms with Crippen molar-refractivity contribution in [2.24, 2.45) is 10.9 Å². The molecule has 0 atom stereocenters. The van der Waals surface area contributed by atoms with Gasteiger partial charge in [0.2, 0.25) is 0 Å². The Bertz CT molecular complexity index is 655. The number of anilines is 1. The van der Waals surface area contributed by atoms with Crippen molar-refractivity contribution in [3.05, 3.63) is 58.2 Å². The van der Waals surface area contributed by atoms with E-state index in [1.165, 1.54) is 0 Å². The second-order valence-electron chi connectivity index (χ2n) is 4.79. The number of hydrogen-bond acceptors (Lipinski definition) is 4. The van der Waals surface area contributed by atoms with E-state index in [9.17, 15) is 0 Å². The molecule has 2 rings (SSSR count). The standard InChI is InChI=1S/C15H17ClN4O/c1-10-7-8-18-15(13(10)14(17)19-21)20(2)9-11-3-5-12(16)6-4-11/h3-8,21H,9H2,1-2H3,(H2,17,19). The first-order chi connectivity index (χ1) is 10.0. The van der Waals surface area contributed by atoms with Gasteiger partial charge in [-0.2, -0.15) is 0 Å². The summed E-state index contributed by atoms with van der Waals surface area (Å²) in [5.74, 6) is 0.721. The minimum absolute atomic E-state index is 0.0542. The molecule has 0 aliphatic heterocycles. The number of benzene rings is 1. The van der Waals surface area contributed by atoms with E-state index < -0.39 is 0 Å². The highest BCUT2D eigenvalue weighted by Gasteiger charge is 2.15. The van der Waals surface area contributed by atoms with Gasteiger partial charge in [-0.3, -0.25) is 0 Å². The quantitative estimate of drug-likeness (QED) is 0.394. The normalized spacial score (nSPS) is 11.5. The van der Waals surface area contributed by atoms with E-state index in [4.69, 9.17) is 22.5 Å². The first kappa shape index (κ1) is 15.1. The van der Waals surface area contributed by atoms with Crippen molar-refractivity contribution in [3.63, 3.8) is 0 Å². The predicted octanol–water partition coefficient (Wildman–Crippen LogP) is 2.77. The van der Waals surface area contributed by atoms with E-state index in [2.05, 4.69) is 10.1 Å². The molecule has 6 heteroatoms. The fourth-order valence-corrected chi connectivity index (χ4v) is 2.26. The lowest BCUT2D eigenvalue weighted by Crippen LogP contribution is -2.24. The van der Waals surface area contributed by atoms with Crippen molar-refractivity contribution >= 4 is 23.3 Å². The highest BCUT2D eigenvalue weighted by Crippen LogP contribution is 2.21. The second kappa shape index (κ2) is 6.45. The summed E-state index contributed by atoms with van der Waals surface area (Å²) in [5.41, 5.74) is 8.39. The van der Waals surface area contributed by atoms with Gasteiger partial charge in [-0.05, 0) is 36.2 Å². The minimum atomic E-state index is 0.0542. The van der Waals surface area contributed by atoms with E-state index in [0.29, 0.717) is 22.9 Å². The first-order valence-electron chi connectivity index (χ1n) is 6.42. The molecule has 0 unspecified atom stereocenters. The number of nitrogens with zero attached hydrogens (tertiary/aromatic N) is 3. The van der Waals surface area contributed by atoms with Crippen LogP contribution in [0.5, 0.6) is 0 Å². The van der Waals surface area contributed by atoms with E-state index >= 15 is 0 Å². The third-order valence-electron chi connectivity index (χ3n) is 3.20. The Balaban J connectivity index is 2.33. The lowest BCUT2D eigenvalue weighted by atomic mass is 10.1. The first-order valence-corrected chi connectivity index (χ1v) is 6.80. The number of amidine groups is 1. The molecule has 5 nitrogen and oxygen atoms in total. The van der Waals surface area contributed by atoms with Gasteiger partial charge in [0.15, 0.2) is 5.84 Å². The van der Waals surface area contributed by atoms with Crippen LogP contribution >= 0.6 is 11.6 Å². The molecule has 0 amide bonds. The number of hydrogen-bond donors (Lipinski definition) is 2. The van der Waals surface area contributed by atoms with Gasteiger partial charge in [-0.1, -0.05) is 28.9 Å². The van der Waals surface area contributed by atoms with Crippen molar-refractivity contribution in [1.29, 1.82) is 0 Å². The van der Waals surface area contributed by atoms with Crippen molar-refractivity contribution in [2.45, 2.75) is 13.5 Å². The number of pyridine rings is 1. The number of rotatable bonds is 4. The Kier molecular flexibility index (Phi) is 4.65. The monoisotopic (exact) mass is 304 g/mol. The summed E-state index contributed by atoms with van der Waals surface area (Å²) in [6, 6.07) is 9.43. The number of aryl methyl sites for hydroxylation is 1. The molecule has 110 valence electrons. The van der Waals surface area contributed by atoms with E-state index in [0.717, 1.165) is 11.1 Å². The zero-order valence-corrected chi connectivity index (χ0v) is 12.7. The number of nitrogens with two attached hydrogens (primary N) is 1. The van der Waals surface area contributed by atoms with Crippen LogP contribution in [-0.4, -0.2) is 23.1 Å². The molecule has 21 heavy (non-hydrogen) atoms. The second-order valence-corrected chi connectivity index (χ2v) is 5.23. The number of oxime groups is 1. The predicted molar refractivity (Wildman–Crippen MR) is 85.0 cm³/mol. The summed E-state index contributed by atoms with van der Waals surface area (Å²) in [4.78, 5) is 6.30. The van der Waals surface area contributed by atoms with Crippen LogP contribution in [0.3, 0.4) is 0 Å². The fraction of sp³-hybridized carbons (Fsp3) is 0.200. The van der Waals surface area contributed by atoms with Gasteiger partial charge < -0.3 is 15.8 Å². The van der Waals surface area contributed by atoms with Crippen molar-refractivity contribution in [2.75, 3.05) is 11.9 Å². The van der Waals surface area contributed by atoms with Crippen LogP contribution in [0.15, 0.2) is 41.7 Å². The Morgan fingerprint density at radius 2 is 2.00 bits per heavy atom. The molecule has 0 aliphatic rings. The Morgan fingerprint density at radius 1 is 1.33 bits per heavy atom. The van der Waals surface area contributed by atoms with Crippen LogP contribution in [0.4, 0.5) is 5.82 Å². The van der Waals surface area contributed by atoms with Crippen molar-refractivity contribution in [3.8, 4) is 0 Å². The molecule has 0 bridgehead atoms. The van der Waals surface area contributed by atoms with Crippen LogP contribution < -0.4 is 10.6 Å². The largest absolute Gasteiger partial charge is 0.409 e. The molecule has 1 aromatic heterocycles. The number of aromatic nitrogens is 1. The molecular formula is C15H17ClN4O. The average Bonchev–Trinajstić information content (AvgIpc) is 2.48. The summed E-state index contributed by atoms with van der Waals surface area (Å²) >= 11 is 5.89. The molecule has 2 aromatic rings. The fourth-order valence-electron chi connectivity index (χ4n) is 2.14. The summed E-state index contributed by atoms with van der Waals surface area (Å²) in [6.07, 6.45) is 1.71. The average molecular weight is 305 g/mol. The van der Waals surface area contributed by atoms with Crippen LogP contribution in [0.1, 0.15) is 16.7 Å². The Morgan fingerprint density at radius 3 is 2.62 bits per heavy atom. The molecule has 0 aliphatic carbocycles. The van der Waals surface area contributed by atoms with Gasteiger partial charge in [0, 0.05) is 24.8 Å². The molecule has 1 heterocycles. The zero-order chi connectivity index (χ0) is 15.4. The van der Waals surface area contributed by atoms with Gasteiger partial charge in [0.1, 0.15) is 5.82 Å². The lowest BCUT2D eigenvalue weighted by molar-refractivity contribution is 0.318. The van der Waals surface area contributed by atoms with Crippen LogP contribution in [0.25, 0.3) is 0 Å². The maximum atomic E-state index is 8.94. The van der Waals surface area contributed by atoms with Gasteiger partial charge in [-0.15, -0.1) is 0 Å². The van der Waals surface area contributed by atoms with Crippen molar-refractivity contribution in [1.82, 2.24) is 4.98 Å². The molecule has 0 fully saturated rings. The van der Waals surface area contributed by atoms with Crippen molar-refractivity contribution < 1.29 is 5.21 Å². The third-order valence-corrected chi connectivity index (χ3v) is 3.45. The Hall–Kier alpha value is -2.27. The molecule has 0 spiro atoms. The smallest absolute Gasteiger partial charge is 0.174 e. The molecule has 1 aromatic carbocycles. The maximum Gasteiger partial charge on any atom is 0.174 e. The molecular weight excluding hydrogens is 288 g/mol. The summed E-state index contributed by atoms with van der Waals surface area (Å²) < 4.78 is 0.